The second-order valence-corrected chi connectivity index (χ2v) is 7.35. The number of unbranched alkanes of at least 4 members (excludes halogenated alkanes) is 4. The summed E-state index contributed by atoms with van der Waals surface area (Å²) in [6.45, 7) is 1.47. The summed E-state index contributed by atoms with van der Waals surface area (Å²) < 4.78 is 10.8. The number of hydrogen-bond donors (Lipinski definition) is 3. The first-order valence-corrected chi connectivity index (χ1v) is 10.7. The molecule has 1 atom stereocenters. The van der Waals surface area contributed by atoms with Crippen LogP contribution in [0, 0.1) is 0 Å². The second-order valence-electron chi connectivity index (χ2n) is 7.35. The van der Waals surface area contributed by atoms with E-state index in [0.717, 1.165) is 55.5 Å². The number of alkyl carbamates (subject to hydrolysis) is 1. The van der Waals surface area contributed by atoms with Crippen LogP contribution in [0.3, 0.4) is 0 Å². The summed E-state index contributed by atoms with van der Waals surface area (Å²) in [7, 11) is 0. The van der Waals surface area contributed by atoms with E-state index in [1.165, 1.54) is 0 Å². The molecule has 0 aliphatic carbocycles. The first-order chi connectivity index (χ1) is 15.1. The quantitative estimate of drug-likeness (QED) is 0.394. The first kappa shape index (κ1) is 24.2. The third kappa shape index (κ3) is 10.00. The van der Waals surface area contributed by atoms with Crippen molar-refractivity contribution in [3.05, 3.63) is 65.7 Å². The Morgan fingerprint density at radius 2 is 1.58 bits per heavy atom. The van der Waals surface area contributed by atoms with E-state index in [-0.39, 0.29) is 13.0 Å². The van der Waals surface area contributed by atoms with Gasteiger partial charge in [-0.3, -0.25) is 0 Å². The molecule has 7 nitrogen and oxygen atoms in total. The van der Waals surface area contributed by atoms with Crippen LogP contribution in [-0.2, 0) is 22.6 Å². The van der Waals surface area contributed by atoms with E-state index in [1.54, 1.807) is 0 Å². The summed E-state index contributed by atoms with van der Waals surface area (Å²) in [6.07, 6.45) is 4.88. The van der Waals surface area contributed by atoms with Crippen molar-refractivity contribution in [2.45, 2.75) is 51.2 Å². The van der Waals surface area contributed by atoms with Crippen LogP contribution in [0.2, 0.25) is 0 Å². The Balaban J connectivity index is 1.74. The number of carbonyl (C=O) groups is 2. The molecule has 0 radical (unpaired) electrons. The van der Waals surface area contributed by atoms with E-state index in [2.05, 4.69) is 5.32 Å². The lowest BCUT2D eigenvalue weighted by Gasteiger charge is -2.15. The van der Waals surface area contributed by atoms with Crippen LogP contribution in [0.5, 0.6) is 5.75 Å². The van der Waals surface area contributed by atoms with Crippen LogP contribution in [0.1, 0.15) is 43.2 Å². The van der Waals surface area contributed by atoms with Crippen molar-refractivity contribution in [2.75, 3.05) is 13.2 Å². The van der Waals surface area contributed by atoms with Gasteiger partial charge in [0.1, 0.15) is 18.4 Å². The van der Waals surface area contributed by atoms with Crippen molar-refractivity contribution >= 4 is 12.1 Å². The van der Waals surface area contributed by atoms with Gasteiger partial charge in [0.15, 0.2) is 0 Å². The smallest absolute Gasteiger partial charge is 0.408 e. The summed E-state index contributed by atoms with van der Waals surface area (Å²) in [6, 6.07) is 15.4. The molecule has 0 fully saturated rings. The normalized spacial score (nSPS) is 11.5. The molecule has 0 bridgehead atoms. The van der Waals surface area contributed by atoms with E-state index in [1.807, 2.05) is 54.6 Å². The van der Waals surface area contributed by atoms with E-state index in [4.69, 9.17) is 15.2 Å². The van der Waals surface area contributed by atoms with Gasteiger partial charge in [0.05, 0.1) is 6.61 Å². The number of rotatable bonds is 14. The average Bonchev–Trinajstić information content (AvgIpc) is 2.78. The molecule has 2 aromatic rings. The molecule has 0 saturated carbocycles. The van der Waals surface area contributed by atoms with E-state index in [9.17, 15) is 14.7 Å². The highest BCUT2D eigenvalue weighted by atomic mass is 16.5. The Morgan fingerprint density at radius 1 is 0.903 bits per heavy atom. The Morgan fingerprint density at radius 3 is 2.26 bits per heavy atom. The lowest BCUT2D eigenvalue weighted by molar-refractivity contribution is -0.139. The predicted molar refractivity (Wildman–Crippen MR) is 119 cm³/mol. The van der Waals surface area contributed by atoms with Crippen molar-refractivity contribution in [1.82, 2.24) is 5.32 Å². The van der Waals surface area contributed by atoms with Crippen LogP contribution in [-0.4, -0.2) is 36.4 Å². The van der Waals surface area contributed by atoms with Gasteiger partial charge < -0.3 is 25.6 Å². The minimum Gasteiger partial charge on any atom is -0.494 e. The molecule has 7 heteroatoms. The number of benzene rings is 2. The summed E-state index contributed by atoms with van der Waals surface area (Å²) in [5, 5.41) is 11.9. The van der Waals surface area contributed by atoms with Crippen LogP contribution < -0.4 is 15.8 Å². The molecule has 31 heavy (non-hydrogen) atoms. The second kappa shape index (κ2) is 14.0. The van der Waals surface area contributed by atoms with Crippen LogP contribution in [0.15, 0.2) is 54.6 Å². The number of ether oxygens (including phenoxy) is 2. The number of carbonyl (C=O) groups excluding carboxylic acids is 1. The first-order valence-electron chi connectivity index (χ1n) is 10.7. The molecule has 0 aliphatic rings. The molecular formula is C24H32N2O5. The zero-order chi connectivity index (χ0) is 22.3. The molecular weight excluding hydrogens is 396 g/mol. The van der Waals surface area contributed by atoms with Crippen LogP contribution in [0.25, 0.3) is 0 Å². The van der Waals surface area contributed by atoms with E-state index >= 15 is 0 Å². The van der Waals surface area contributed by atoms with Crippen molar-refractivity contribution in [3.8, 4) is 5.75 Å². The summed E-state index contributed by atoms with van der Waals surface area (Å²) >= 11 is 0. The van der Waals surface area contributed by atoms with E-state index in [0.29, 0.717) is 6.61 Å². The minimum atomic E-state index is -1.12. The molecule has 0 saturated heterocycles. The molecule has 1 unspecified atom stereocenters. The summed E-state index contributed by atoms with van der Waals surface area (Å²) in [5.74, 6) is -0.376. The average molecular weight is 429 g/mol. The molecule has 2 aromatic carbocycles. The van der Waals surface area contributed by atoms with Crippen molar-refractivity contribution in [1.29, 1.82) is 0 Å². The highest BCUT2D eigenvalue weighted by Crippen LogP contribution is 2.15. The van der Waals surface area contributed by atoms with Gasteiger partial charge in [-0.25, -0.2) is 9.59 Å². The number of nitrogens with one attached hydrogen (secondary N) is 1. The fourth-order valence-corrected chi connectivity index (χ4v) is 3.03. The number of nitrogens with two attached hydrogens (primary N) is 1. The number of carboxylic acid groups (broad SMARTS) is 1. The maximum absolute atomic E-state index is 12.0. The Hall–Kier alpha value is -3.06. The van der Waals surface area contributed by atoms with Crippen molar-refractivity contribution in [2.24, 2.45) is 5.73 Å². The molecule has 0 aromatic heterocycles. The topological polar surface area (TPSA) is 111 Å². The number of aliphatic carboxylic acids is 1. The van der Waals surface area contributed by atoms with Crippen molar-refractivity contribution < 1.29 is 24.2 Å². The summed E-state index contributed by atoms with van der Waals surface area (Å²) in [4.78, 5) is 23.5. The molecule has 2 rings (SSSR count). The van der Waals surface area contributed by atoms with Gasteiger partial charge in [-0.05, 0) is 42.6 Å². The Labute approximate surface area is 183 Å². The third-order valence-electron chi connectivity index (χ3n) is 4.78. The molecule has 0 heterocycles. The van der Waals surface area contributed by atoms with Gasteiger partial charge in [-0.15, -0.1) is 0 Å². The number of carboxylic acids is 1. The summed E-state index contributed by atoms with van der Waals surface area (Å²) in [5.41, 5.74) is 7.09. The maximum Gasteiger partial charge on any atom is 0.408 e. The van der Waals surface area contributed by atoms with Crippen LogP contribution in [0.4, 0.5) is 4.79 Å². The Bertz CT molecular complexity index is 780. The molecule has 0 aliphatic heterocycles. The predicted octanol–water partition coefficient (Wildman–Crippen LogP) is 3.90. The Kier molecular flexibility index (Phi) is 11.0. The van der Waals surface area contributed by atoms with E-state index < -0.39 is 18.1 Å². The van der Waals surface area contributed by atoms with Gasteiger partial charge >= 0.3 is 12.1 Å². The van der Waals surface area contributed by atoms with Crippen LogP contribution >= 0.6 is 0 Å². The molecule has 4 N–H and O–H groups in total. The monoisotopic (exact) mass is 428 g/mol. The standard InChI is InChI=1S/C24H32N2O5/c25-15-7-2-1-3-8-16-30-21-13-11-19(12-14-21)17-22(23(27)28)26-24(29)31-18-20-9-5-4-6-10-20/h4-6,9-14,22H,1-3,7-8,15-18,25H2,(H,26,29)(H,27,28). The minimum absolute atomic E-state index is 0.0814. The lowest BCUT2D eigenvalue weighted by Crippen LogP contribution is -2.42. The van der Waals surface area contributed by atoms with Gasteiger partial charge in [0.25, 0.3) is 0 Å². The van der Waals surface area contributed by atoms with Gasteiger partial charge in [0, 0.05) is 6.42 Å². The SMILES string of the molecule is NCCCCCCCOc1ccc(CC(NC(=O)OCc2ccccc2)C(=O)O)cc1. The largest absolute Gasteiger partial charge is 0.494 e. The van der Waals surface area contributed by atoms with Gasteiger partial charge in [-0.1, -0.05) is 61.7 Å². The fourth-order valence-electron chi connectivity index (χ4n) is 3.03. The molecule has 168 valence electrons. The lowest BCUT2D eigenvalue weighted by atomic mass is 10.1. The van der Waals surface area contributed by atoms with Gasteiger partial charge in [0.2, 0.25) is 0 Å². The molecule has 0 spiro atoms. The highest BCUT2D eigenvalue weighted by molar-refractivity contribution is 5.80. The number of hydrogen-bond acceptors (Lipinski definition) is 5. The van der Waals surface area contributed by atoms with Gasteiger partial charge in [-0.2, -0.15) is 0 Å². The zero-order valence-electron chi connectivity index (χ0n) is 17.8. The third-order valence-corrected chi connectivity index (χ3v) is 4.78. The number of amides is 1. The molecule has 1 amide bonds. The van der Waals surface area contributed by atoms with Crippen molar-refractivity contribution in [3.63, 3.8) is 0 Å². The zero-order valence-corrected chi connectivity index (χ0v) is 17.8. The fraction of sp³-hybridized carbons (Fsp3) is 0.417. The highest BCUT2D eigenvalue weighted by Gasteiger charge is 2.21. The maximum atomic E-state index is 12.0.